The molecule has 0 saturated heterocycles. The molecule has 0 fully saturated rings. The molecule has 2 amide bonds. The molecule has 0 aliphatic rings. The summed E-state index contributed by atoms with van der Waals surface area (Å²) in [4.78, 5) is 27.3. The van der Waals surface area contributed by atoms with Crippen LogP contribution in [0.3, 0.4) is 0 Å². The van der Waals surface area contributed by atoms with Gasteiger partial charge >= 0.3 is 6.18 Å². The minimum atomic E-state index is -4.43. The summed E-state index contributed by atoms with van der Waals surface area (Å²) in [5, 5.41) is 2.45. The van der Waals surface area contributed by atoms with Crippen LogP contribution in [0.15, 0.2) is 48.8 Å². The topological polar surface area (TPSA) is 85.1 Å². The van der Waals surface area contributed by atoms with Gasteiger partial charge in [-0.15, -0.1) is 0 Å². The Kier molecular flexibility index (Phi) is 5.18. The number of nitrogens with zero attached hydrogens (tertiary/aromatic N) is 1. The molecule has 8 heteroatoms. The van der Waals surface area contributed by atoms with Crippen molar-refractivity contribution in [1.82, 2.24) is 10.3 Å². The van der Waals surface area contributed by atoms with Gasteiger partial charge in [0.15, 0.2) is 0 Å². The summed E-state index contributed by atoms with van der Waals surface area (Å²) in [7, 11) is 0. The Balaban J connectivity index is 2.09. The predicted molar refractivity (Wildman–Crippen MR) is 79.8 cm³/mol. The van der Waals surface area contributed by atoms with Gasteiger partial charge in [0.25, 0.3) is 5.91 Å². The summed E-state index contributed by atoms with van der Waals surface area (Å²) >= 11 is 0. The molecule has 1 aromatic heterocycles. The van der Waals surface area contributed by atoms with Gasteiger partial charge in [0.05, 0.1) is 11.1 Å². The second-order valence-corrected chi connectivity index (χ2v) is 5.07. The van der Waals surface area contributed by atoms with Crippen LogP contribution in [0.4, 0.5) is 13.2 Å². The van der Waals surface area contributed by atoms with Gasteiger partial charge in [-0.25, -0.2) is 0 Å². The van der Waals surface area contributed by atoms with Crippen molar-refractivity contribution in [3.63, 3.8) is 0 Å². The molecule has 0 aliphatic heterocycles. The Hall–Kier alpha value is -2.90. The lowest BCUT2D eigenvalue weighted by Gasteiger charge is -2.16. The van der Waals surface area contributed by atoms with Crippen molar-refractivity contribution in [2.45, 2.75) is 18.6 Å². The van der Waals surface area contributed by atoms with Crippen LogP contribution in [0.25, 0.3) is 0 Å². The van der Waals surface area contributed by atoms with Crippen LogP contribution in [0.2, 0.25) is 0 Å². The third-order valence-corrected chi connectivity index (χ3v) is 3.29. The maximum Gasteiger partial charge on any atom is 0.416 e. The first-order chi connectivity index (χ1) is 11.3. The summed E-state index contributed by atoms with van der Waals surface area (Å²) in [5.41, 5.74) is 5.16. The minimum absolute atomic E-state index is 0.0144. The van der Waals surface area contributed by atoms with E-state index in [1.165, 1.54) is 30.6 Å². The van der Waals surface area contributed by atoms with E-state index in [2.05, 4.69) is 10.3 Å². The van der Waals surface area contributed by atoms with Crippen LogP contribution in [0.1, 0.15) is 21.5 Å². The zero-order valence-electron chi connectivity index (χ0n) is 12.4. The zero-order chi connectivity index (χ0) is 17.7. The van der Waals surface area contributed by atoms with Crippen molar-refractivity contribution in [3.05, 3.63) is 65.5 Å². The number of rotatable bonds is 5. The van der Waals surface area contributed by atoms with Gasteiger partial charge in [-0.05, 0) is 29.8 Å². The van der Waals surface area contributed by atoms with E-state index in [1.807, 2.05) is 0 Å². The minimum Gasteiger partial charge on any atom is -0.368 e. The zero-order valence-corrected chi connectivity index (χ0v) is 12.4. The van der Waals surface area contributed by atoms with Gasteiger partial charge in [0.2, 0.25) is 5.91 Å². The normalized spacial score (nSPS) is 12.5. The van der Waals surface area contributed by atoms with E-state index in [1.54, 1.807) is 6.07 Å². The molecule has 0 spiro atoms. The fourth-order valence-electron chi connectivity index (χ4n) is 2.03. The highest BCUT2D eigenvalue weighted by atomic mass is 19.4. The number of halogens is 3. The highest BCUT2D eigenvalue weighted by Gasteiger charge is 2.30. The molecule has 2 aromatic rings. The standard InChI is InChI=1S/C16H14F3N3O2/c17-16(18,19)12-5-3-10(4-6-12)8-13(14(20)23)22-15(24)11-2-1-7-21-9-11/h1-7,9,13H,8H2,(H2,20,23)(H,22,24)/t13-/m0/s1. The molecule has 3 N–H and O–H groups in total. The molecule has 0 saturated carbocycles. The number of nitrogens with two attached hydrogens (primary N) is 1. The van der Waals surface area contributed by atoms with Crippen molar-refractivity contribution in [1.29, 1.82) is 0 Å². The SMILES string of the molecule is NC(=O)[C@H](Cc1ccc(C(F)(F)F)cc1)NC(=O)c1cccnc1. The van der Waals surface area contributed by atoms with Crippen molar-refractivity contribution >= 4 is 11.8 Å². The van der Waals surface area contributed by atoms with E-state index >= 15 is 0 Å². The Morgan fingerprint density at radius 2 is 1.83 bits per heavy atom. The number of amides is 2. The number of primary amides is 1. The number of hydrogen-bond acceptors (Lipinski definition) is 3. The van der Waals surface area contributed by atoms with E-state index in [4.69, 9.17) is 5.73 Å². The van der Waals surface area contributed by atoms with Crippen molar-refractivity contribution < 1.29 is 22.8 Å². The molecule has 0 aliphatic carbocycles. The molecular weight excluding hydrogens is 323 g/mol. The first kappa shape index (κ1) is 17.5. The van der Waals surface area contributed by atoms with Crippen molar-refractivity contribution in [3.8, 4) is 0 Å². The molecule has 5 nitrogen and oxygen atoms in total. The summed E-state index contributed by atoms with van der Waals surface area (Å²) in [5.74, 6) is -1.33. The van der Waals surface area contributed by atoms with Crippen LogP contribution in [0, 0.1) is 0 Å². The number of nitrogens with one attached hydrogen (secondary N) is 1. The van der Waals surface area contributed by atoms with Gasteiger partial charge in [-0.3, -0.25) is 14.6 Å². The highest BCUT2D eigenvalue weighted by molar-refractivity contribution is 5.97. The smallest absolute Gasteiger partial charge is 0.368 e. The Morgan fingerprint density at radius 3 is 2.33 bits per heavy atom. The fraction of sp³-hybridized carbons (Fsp3) is 0.188. The van der Waals surface area contributed by atoms with Gasteiger partial charge in [0, 0.05) is 18.8 Å². The molecule has 1 atom stereocenters. The second kappa shape index (κ2) is 7.12. The number of aromatic nitrogens is 1. The second-order valence-electron chi connectivity index (χ2n) is 5.07. The molecule has 24 heavy (non-hydrogen) atoms. The molecule has 1 aromatic carbocycles. The molecule has 1 heterocycles. The number of alkyl halides is 3. The Labute approximate surface area is 135 Å². The summed E-state index contributed by atoms with van der Waals surface area (Å²) < 4.78 is 37.6. The molecule has 2 rings (SSSR count). The third kappa shape index (κ3) is 4.55. The van der Waals surface area contributed by atoms with Crippen molar-refractivity contribution in [2.75, 3.05) is 0 Å². The first-order valence-corrected chi connectivity index (χ1v) is 6.93. The van der Waals surface area contributed by atoms with E-state index < -0.39 is 29.6 Å². The summed E-state index contributed by atoms with van der Waals surface area (Å²) in [6.07, 6.45) is -1.63. The molecule has 0 radical (unpaired) electrons. The number of carbonyl (C=O) groups excluding carboxylic acids is 2. The monoisotopic (exact) mass is 337 g/mol. The lowest BCUT2D eigenvalue weighted by Crippen LogP contribution is -2.45. The van der Waals surface area contributed by atoms with Gasteiger partial charge in [0.1, 0.15) is 6.04 Å². The van der Waals surface area contributed by atoms with Crippen LogP contribution in [-0.4, -0.2) is 22.8 Å². The van der Waals surface area contributed by atoms with Gasteiger partial charge in [-0.2, -0.15) is 13.2 Å². The number of benzene rings is 1. The Bertz CT molecular complexity index is 716. The van der Waals surface area contributed by atoms with Crippen LogP contribution in [0.5, 0.6) is 0 Å². The van der Waals surface area contributed by atoms with Gasteiger partial charge in [-0.1, -0.05) is 12.1 Å². The van der Waals surface area contributed by atoms with Crippen molar-refractivity contribution in [2.24, 2.45) is 5.73 Å². The molecule has 0 unspecified atom stereocenters. The van der Waals surface area contributed by atoms with Crippen LogP contribution < -0.4 is 11.1 Å². The number of hydrogen-bond donors (Lipinski definition) is 2. The number of pyridine rings is 1. The summed E-state index contributed by atoms with van der Waals surface area (Å²) in [6.45, 7) is 0. The van der Waals surface area contributed by atoms with E-state index in [0.717, 1.165) is 12.1 Å². The van der Waals surface area contributed by atoms with E-state index in [9.17, 15) is 22.8 Å². The maximum absolute atomic E-state index is 12.5. The average molecular weight is 337 g/mol. The fourth-order valence-corrected chi connectivity index (χ4v) is 2.03. The first-order valence-electron chi connectivity index (χ1n) is 6.93. The number of carbonyl (C=O) groups is 2. The maximum atomic E-state index is 12.5. The van der Waals surface area contributed by atoms with Gasteiger partial charge < -0.3 is 11.1 Å². The lowest BCUT2D eigenvalue weighted by atomic mass is 10.0. The highest BCUT2D eigenvalue weighted by Crippen LogP contribution is 2.29. The van der Waals surface area contributed by atoms with Crippen LogP contribution >= 0.6 is 0 Å². The lowest BCUT2D eigenvalue weighted by molar-refractivity contribution is -0.137. The quantitative estimate of drug-likeness (QED) is 0.874. The molecule has 126 valence electrons. The van der Waals surface area contributed by atoms with E-state index in [0.29, 0.717) is 5.56 Å². The Morgan fingerprint density at radius 1 is 1.17 bits per heavy atom. The largest absolute Gasteiger partial charge is 0.416 e. The molecular formula is C16H14F3N3O2. The molecule has 0 bridgehead atoms. The summed E-state index contributed by atoms with van der Waals surface area (Å²) in [6, 6.07) is 6.34. The predicted octanol–water partition coefficient (Wildman–Crippen LogP) is 1.93. The average Bonchev–Trinajstić information content (AvgIpc) is 2.54. The van der Waals surface area contributed by atoms with Crippen LogP contribution in [-0.2, 0) is 17.4 Å². The van der Waals surface area contributed by atoms with E-state index in [-0.39, 0.29) is 12.0 Å². The third-order valence-electron chi connectivity index (χ3n) is 3.29.